The number of carbonyl (C=O) groups is 1. The Morgan fingerprint density at radius 1 is 1.27 bits per heavy atom. The third kappa shape index (κ3) is 5.35. The second-order valence-electron chi connectivity index (χ2n) is 5.58. The van der Waals surface area contributed by atoms with E-state index in [1.807, 2.05) is 32.9 Å². The number of rotatable bonds is 7. The molecule has 0 unspecified atom stereocenters. The van der Waals surface area contributed by atoms with Crippen LogP contribution in [0.1, 0.15) is 23.6 Å². The van der Waals surface area contributed by atoms with E-state index in [1.54, 1.807) is 18.2 Å². The minimum Gasteiger partial charge on any atom is -0.504 e. The molecule has 0 aromatic heterocycles. The molecule has 0 heterocycles. The van der Waals surface area contributed by atoms with Crippen LogP contribution < -0.4 is 14.9 Å². The van der Waals surface area contributed by atoms with Gasteiger partial charge in [-0.15, -0.1) is 0 Å². The van der Waals surface area contributed by atoms with Crippen LogP contribution in [0.25, 0.3) is 0 Å². The van der Waals surface area contributed by atoms with E-state index >= 15 is 0 Å². The summed E-state index contributed by atoms with van der Waals surface area (Å²) < 4.78 is 12.0. The normalized spacial score (nSPS) is 10.8. The van der Waals surface area contributed by atoms with Crippen LogP contribution in [0, 0.1) is 17.4 Å². The lowest BCUT2D eigenvalue weighted by atomic mass is 10.1. The van der Waals surface area contributed by atoms with Crippen molar-refractivity contribution in [1.82, 2.24) is 5.43 Å². The highest BCUT2D eigenvalue weighted by atomic mass is 127. The van der Waals surface area contributed by atoms with Gasteiger partial charge in [-0.2, -0.15) is 5.10 Å². The average molecular weight is 468 g/mol. The third-order valence-electron chi connectivity index (χ3n) is 3.50. The molecule has 0 saturated carbocycles. The number of ether oxygens (including phenoxy) is 2. The van der Waals surface area contributed by atoms with Crippen LogP contribution in [0.2, 0.25) is 0 Å². The first-order valence-electron chi connectivity index (χ1n) is 8.08. The van der Waals surface area contributed by atoms with Crippen molar-refractivity contribution >= 4 is 34.7 Å². The van der Waals surface area contributed by atoms with Gasteiger partial charge in [0.05, 0.1) is 12.8 Å². The van der Waals surface area contributed by atoms with Gasteiger partial charge < -0.3 is 14.6 Å². The van der Waals surface area contributed by atoms with Crippen molar-refractivity contribution in [2.24, 2.45) is 5.10 Å². The fourth-order valence-corrected chi connectivity index (χ4v) is 3.32. The zero-order valence-corrected chi connectivity index (χ0v) is 17.0. The van der Waals surface area contributed by atoms with Crippen molar-refractivity contribution in [2.75, 3.05) is 13.2 Å². The quantitative estimate of drug-likeness (QED) is 0.370. The maximum atomic E-state index is 11.9. The summed E-state index contributed by atoms with van der Waals surface area (Å²) in [4.78, 5) is 11.9. The first-order chi connectivity index (χ1) is 12.4. The second-order valence-corrected chi connectivity index (χ2v) is 6.82. The predicted molar refractivity (Wildman–Crippen MR) is 109 cm³/mol. The van der Waals surface area contributed by atoms with Gasteiger partial charge in [-0.25, -0.2) is 5.43 Å². The number of nitrogens with one attached hydrogen (secondary N) is 1. The lowest BCUT2D eigenvalue weighted by Gasteiger charge is -2.11. The molecule has 0 fully saturated rings. The first-order valence-corrected chi connectivity index (χ1v) is 9.16. The van der Waals surface area contributed by atoms with Crippen LogP contribution in [-0.4, -0.2) is 30.4 Å². The van der Waals surface area contributed by atoms with Gasteiger partial charge in [0.25, 0.3) is 5.91 Å². The Labute approximate surface area is 166 Å². The molecule has 2 N–H and O–H groups in total. The largest absolute Gasteiger partial charge is 0.504 e. The van der Waals surface area contributed by atoms with E-state index < -0.39 is 0 Å². The van der Waals surface area contributed by atoms with Gasteiger partial charge in [0.1, 0.15) is 5.75 Å². The number of halogens is 1. The van der Waals surface area contributed by atoms with E-state index in [0.717, 1.165) is 14.7 Å². The molecule has 2 aromatic carbocycles. The van der Waals surface area contributed by atoms with E-state index in [9.17, 15) is 9.90 Å². The Balaban J connectivity index is 1.93. The van der Waals surface area contributed by atoms with Gasteiger partial charge in [0.2, 0.25) is 0 Å². The highest BCUT2D eigenvalue weighted by molar-refractivity contribution is 14.1. The van der Waals surface area contributed by atoms with Gasteiger partial charge in [-0.1, -0.05) is 6.07 Å². The molecule has 2 aromatic rings. The van der Waals surface area contributed by atoms with Gasteiger partial charge in [-0.05, 0) is 78.8 Å². The van der Waals surface area contributed by atoms with Crippen LogP contribution in [0.15, 0.2) is 35.4 Å². The molecule has 7 heteroatoms. The maximum Gasteiger partial charge on any atom is 0.277 e. The number of para-hydroxylation sites is 1. The van der Waals surface area contributed by atoms with Crippen LogP contribution in [0.4, 0.5) is 0 Å². The number of carbonyl (C=O) groups excluding carboxylic acids is 1. The summed E-state index contributed by atoms with van der Waals surface area (Å²) in [5.41, 5.74) is 4.78. The number of aromatic hydroxyl groups is 1. The molecule has 0 saturated heterocycles. The van der Waals surface area contributed by atoms with E-state index in [1.165, 1.54) is 6.21 Å². The zero-order chi connectivity index (χ0) is 19.1. The number of phenols is 1. The topological polar surface area (TPSA) is 80.2 Å². The molecule has 0 radical (unpaired) electrons. The fourth-order valence-electron chi connectivity index (χ4n) is 2.38. The van der Waals surface area contributed by atoms with Crippen molar-refractivity contribution in [1.29, 1.82) is 0 Å². The van der Waals surface area contributed by atoms with E-state index in [4.69, 9.17) is 9.47 Å². The molecule has 0 aliphatic carbocycles. The van der Waals surface area contributed by atoms with E-state index in [0.29, 0.717) is 23.7 Å². The molecule has 2 rings (SSSR count). The van der Waals surface area contributed by atoms with Crippen LogP contribution in [-0.2, 0) is 4.79 Å². The Hall–Kier alpha value is -2.29. The number of benzene rings is 2. The fraction of sp³-hybridized carbons (Fsp3) is 0.263. The molecular formula is C19H21IN2O4. The molecule has 6 nitrogen and oxygen atoms in total. The summed E-state index contributed by atoms with van der Waals surface area (Å²) in [6.07, 6.45) is 1.36. The number of aryl methyl sites for hydroxylation is 2. The van der Waals surface area contributed by atoms with E-state index in [2.05, 4.69) is 33.1 Å². The molecule has 0 aliphatic rings. The number of phenolic OH excluding ortho intramolecular Hbond substituents is 1. The third-order valence-corrected chi connectivity index (χ3v) is 4.12. The standard InChI is InChI=1S/C19H21IN2O4/c1-4-25-16-7-5-6-14(18(16)24)10-21-22-17(23)11-26-19-12(2)8-15(20)9-13(19)3/h5-10,24H,4,11H2,1-3H3,(H,22,23)/b21-10+. The number of amides is 1. The summed E-state index contributed by atoms with van der Waals surface area (Å²) in [7, 11) is 0. The number of hydrogen-bond acceptors (Lipinski definition) is 5. The number of hydrazone groups is 1. The lowest BCUT2D eigenvalue weighted by molar-refractivity contribution is -0.123. The maximum absolute atomic E-state index is 11.9. The Kier molecular flexibility index (Phi) is 7.26. The lowest BCUT2D eigenvalue weighted by Crippen LogP contribution is -2.25. The Morgan fingerprint density at radius 3 is 2.62 bits per heavy atom. The average Bonchev–Trinajstić information content (AvgIpc) is 2.57. The monoisotopic (exact) mass is 468 g/mol. The first kappa shape index (κ1) is 20.0. The van der Waals surface area contributed by atoms with Crippen molar-refractivity contribution < 1.29 is 19.4 Å². The van der Waals surface area contributed by atoms with Gasteiger partial charge in [0, 0.05) is 9.13 Å². The minimum atomic E-state index is -0.390. The summed E-state index contributed by atoms with van der Waals surface area (Å²) in [6.45, 7) is 6.01. The molecule has 0 spiro atoms. The van der Waals surface area contributed by atoms with Crippen molar-refractivity contribution in [3.8, 4) is 17.2 Å². The van der Waals surface area contributed by atoms with Crippen molar-refractivity contribution in [2.45, 2.75) is 20.8 Å². The van der Waals surface area contributed by atoms with Crippen molar-refractivity contribution in [3.05, 3.63) is 50.6 Å². The highest BCUT2D eigenvalue weighted by Crippen LogP contribution is 2.28. The molecule has 26 heavy (non-hydrogen) atoms. The summed E-state index contributed by atoms with van der Waals surface area (Å²) in [5, 5.41) is 13.9. The molecule has 138 valence electrons. The smallest absolute Gasteiger partial charge is 0.277 e. The predicted octanol–water partition coefficient (Wildman–Crippen LogP) is 3.54. The highest BCUT2D eigenvalue weighted by Gasteiger charge is 2.09. The summed E-state index contributed by atoms with van der Waals surface area (Å²) >= 11 is 2.24. The van der Waals surface area contributed by atoms with Crippen LogP contribution in [0.3, 0.4) is 0 Å². The zero-order valence-electron chi connectivity index (χ0n) is 14.9. The molecular weight excluding hydrogens is 447 g/mol. The molecule has 1 amide bonds. The summed E-state index contributed by atoms with van der Waals surface area (Å²) in [6, 6.07) is 9.05. The Morgan fingerprint density at radius 2 is 1.96 bits per heavy atom. The second kappa shape index (κ2) is 9.42. The number of hydrogen-bond donors (Lipinski definition) is 2. The molecule has 0 atom stereocenters. The van der Waals surface area contributed by atoms with Crippen molar-refractivity contribution in [3.63, 3.8) is 0 Å². The van der Waals surface area contributed by atoms with Gasteiger partial charge in [-0.3, -0.25) is 4.79 Å². The Bertz CT molecular complexity index is 798. The minimum absolute atomic E-state index is 0.0197. The number of nitrogens with zero attached hydrogens (tertiary/aromatic N) is 1. The molecule has 0 aliphatic heterocycles. The van der Waals surface area contributed by atoms with Crippen LogP contribution in [0.5, 0.6) is 17.2 Å². The SMILES string of the molecule is CCOc1cccc(/C=N/NC(=O)COc2c(C)cc(I)cc2C)c1O. The van der Waals surface area contributed by atoms with Crippen LogP contribution >= 0.6 is 22.6 Å². The van der Waals surface area contributed by atoms with Gasteiger partial charge >= 0.3 is 0 Å². The van der Waals surface area contributed by atoms with E-state index in [-0.39, 0.29) is 18.3 Å². The molecule has 0 bridgehead atoms. The summed E-state index contributed by atoms with van der Waals surface area (Å²) in [5.74, 6) is 0.662. The van der Waals surface area contributed by atoms with Gasteiger partial charge in [0.15, 0.2) is 18.1 Å².